The van der Waals surface area contributed by atoms with E-state index < -0.39 is 39.5 Å². The van der Waals surface area contributed by atoms with Gasteiger partial charge in [0.05, 0.1) is 40.0 Å². The zero-order valence-electron chi connectivity index (χ0n) is 24.8. The Balaban J connectivity index is 1.53. The van der Waals surface area contributed by atoms with Crippen LogP contribution in [0.3, 0.4) is 0 Å². The van der Waals surface area contributed by atoms with Gasteiger partial charge in [0.25, 0.3) is 11.8 Å². The zero-order chi connectivity index (χ0) is 31.7. The standard InChI is InChI=1S/C31H36N6O6S/c1-21-15-28(37(2)35-21)30(40)34-25-10-7-9-22(17-25)23-16-24(19-32-18-23)29(39)36-44(42,26-11-5-4-6-12-26)14-8-13-33-27(20-38)31(41)43-3/h4-7,9-11,15-19,26-27,33,38H,8,12-14,20H2,1-3H3,(H,34,40)/t26?,27?,44-/m0/s1. The predicted octanol–water partition coefficient (Wildman–Crippen LogP) is 3.05. The van der Waals surface area contributed by atoms with Crippen LogP contribution in [0, 0.1) is 6.92 Å². The molecule has 3 aromatic rings. The molecule has 1 aliphatic carbocycles. The molecule has 232 valence electrons. The van der Waals surface area contributed by atoms with Crippen LogP contribution in [0.15, 0.2) is 77.5 Å². The smallest absolute Gasteiger partial charge is 0.325 e. The third kappa shape index (κ3) is 8.13. The van der Waals surface area contributed by atoms with Crippen LogP contribution in [0.5, 0.6) is 0 Å². The van der Waals surface area contributed by atoms with Crippen LogP contribution in [-0.2, 0) is 26.3 Å². The highest BCUT2D eigenvalue weighted by molar-refractivity contribution is 7.94. The second-order valence-electron chi connectivity index (χ2n) is 10.2. The molecule has 0 aliphatic heterocycles. The molecule has 44 heavy (non-hydrogen) atoms. The molecule has 2 aromatic heterocycles. The number of hydrogen-bond donors (Lipinski definition) is 3. The summed E-state index contributed by atoms with van der Waals surface area (Å²) in [6.07, 6.45) is 11.1. The summed E-state index contributed by atoms with van der Waals surface area (Å²) >= 11 is 0. The molecule has 0 fully saturated rings. The van der Waals surface area contributed by atoms with Gasteiger partial charge >= 0.3 is 5.97 Å². The molecule has 3 atom stereocenters. The Labute approximate surface area is 256 Å². The van der Waals surface area contributed by atoms with Crippen molar-refractivity contribution in [2.45, 2.75) is 31.1 Å². The van der Waals surface area contributed by atoms with Gasteiger partial charge in [0.2, 0.25) is 0 Å². The molecule has 2 amide bonds. The number of amides is 2. The van der Waals surface area contributed by atoms with Crippen molar-refractivity contribution in [3.63, 3.8) is 0 Å². The largest absolute Gasteiger partial charge is 0.468 e. The van der Waals surface area contributed by atoms with Gasteiger partial charge in [0.15, 0.2) is 0 Å². The Bertz CT molecular complexity index is 1700. The number of aryl methyl sites for hydroxylation is 2. The molecule has 0 bridgehead atoms. The molecular formula is C31H36N6O6S. The maximum Gasteiger partial charge on any atom is 0.325 e. The molecule has 4 rings (SSSR count). The summed E-state index contributed by atoms with van der Waals surface area (Å²) in [5.41, 5.74) is 3.21. The molecule has 1 aromatic carbocycles. The number of benzene rings is 1. The van der Waals surface area contributed by atoms with Crippen molar-refractivity contribution in [2.24, 2.45) is 11.4 Å². The number of carbonyl (C=O) groups is 3. The average molecular weight is 621 g/mol. The summed E-state index contributed by atoms with van der Waals surface area (Å²) in [5.74, 6) is -1.46. The Morgan fingerprint density at radius 3 is 2.68 bits per heavy atom. The minimum Gasteiger partial charge on any atom is -0.468 e. The first-order chi connectivity index (χ1) is 21.1. The predicted molar refractivity (Wildman–Crippen MR) is 168 cm³/mol. The number of hydrogen-bond acceptors (Lipinski definition) is 9. The van der Waals surface area contributed by atoms with E-state index in [1.807, 2.05) is 25.1 Å². The van der Waals surface area contributed by atoms with Gasteiger partial charge in [-0.25, -0.2) is 4.21 Å². The summed E-state index contributed by atoms with van der Waals surface area (Å²) in [5, 5.41) is 18.9. The maximum atomic E-state index is 14.2. The minimum absolute atomic E-state index is 0.0962. The second-order valence-corrected chi connectivity index (χ2v) is 12.8. The summed E-state index contributed by atoms with van der Waals surface area (Å²) in [7, 11) is -0.126. The number of nitrogens with one attached hydrogen (secondary N) is 2. The summed E-state index contributed by atoms with van der Waals surface area (Å²) < 4.78 is 24.6. The topological polar surface area (TPSA) is 165 Å². The zero-order valence-corrected chi connectivity index (χ0v) is 25.6. The molecule has 0 spiro atoms. The van der Waals surface area contributed by atoms with Gasteiger partial charge in [-0.2, -0.15) is 9.46 Å². The van der Waals surface area contributed by atoms with E-state index >= 15 is 0 Å². The summed E-state index contributed by atoms with van der Waals surface area (Å²) in [6.45, 7) is 1.63. The van der Waals surface area contributed by atoms with Crippen molar-refractivity contribution < 1.29 is 28.4 Å². The number of allylic oxidation sites excluding steroid dienone is 3. The lowest BCUT2D eigenvalue weighted by molar-refractivity contribution is -0.144. The van der Waals surface area contributed by atoms with Crippen LogP contribution >= 0.6 is 0 Å². The van der Waals surface area contributed by atoms with Crippen molar-refractivity contribution in [1.29, 1.82) is 0 Å². The van der Waals surface area contributed by atoms with E-state index in [9.17, 15) is 23.7 Å². The third-order valence-corrected chi connectivity index (χ3v) is 9.64. The van der Waals surface area contributed by atoms with Crippen molar-refractivity contribution in [3.8, 4) is 11.1 Å². The number of methoxy groups -OCH3 is 1. The van der Waals surface area contributed by atoms with Gasteiger partial charge in [0.1, 0.15) is 11.7 Å². The second kappa shape index (κ2) is 14.8. The van der Waals surface area contributed by atoms with Crippen LogP contribution in [0.1, 0.15) is 39.4 Å². The molecule has 3 N–H and O–H groups in total. The van der Waals surface area contributed by atoms with Gasteiger partial charge < -0.3 is 20.5 Å². The highest BCUT2D eigenvalue weighted by atomic mass is 32.2. The van der Waals surface area contributed by atoms with Gasteiger partial charge in [-0.1, -0.05) is 36.4 Å². The fraction of sp³-hybridized carbons (Fsp3) is 0.323. The third-order valence-electron chi connectivity index (χ3n) is 7.00. The summed E-state index contributed by atoms with van der Waals surface area (Å²) in [6, 6.07) is 9.57. The Hall–Kier alpha value is -4.46. The first-order valence-corrected chi connectivity index (χ1v) is 15.8. The van der Waals surface area contributed by atoms with Crippen molar-refractivity contribution in [2.75, 3.05) is 31.3 Å². The number of aromatic nitrogens is 3. The first-order valence-electron chi connectivity index (χ1n) is 14.0. The van der Waals surface area contributed by atoms with Gasteiger partial charge in [-0.3, -0.25) is 24.0 Å². The van der Waals surface area contributed by atoms with Gasteiger partial charge in [0, 0.05) is 36.4 Å². The van der Waals surface area contributed by atoms with Crippen LogP contribution in [-0.4, -0.2) is 79.2 Å². The van der Waals surface area contributed by atoms with E-state index in [0.29, 0.717) is 35.3 Å². The van der Waals surface area contributed by atoms with E-state index in [4.69, 9.17) is 0 Å². The van der Waals surface area contributed by atoms with E-state index in [0.717, 1.165) is 5.69 Å². The number of rotatable bonds is 12. The fourth-order valence-corrected chi connectivity index (χ4v) is 6.94. The molecule has 0 radical (unpaired) electrons. The van der Waals surface area contributed by atoms with Crippen molar-refractivity contribution >= 4 is 33.2 Å². The molecule has 12 nitrogen and oxygen atoms in total. The first kappa shape index (κ1) is 32.5. The number of anilines is 1. The molecule has 0 saturated carbocycles. The van der Waals surface area contributed by atoms with E-state index in [-0.39, 0.29) is 23.8 Å². The van der Waals surface area contributed by atoms with Gasteiger partial charge in [-0.15, -0.1) is 0 Å². The van der Waals surface area contributed by atoms with E-state index in [1.165, 1.54) is 18.0 Å². The van der Waals surface area contributed by atoms with Crippen LogP contribution in [0.2, 0.25) is 0 Å². The van der Waals surface area contributed by atoms with Gasteiger partial charge in [-0.05, 0) is 56.1 Å². The lowest BCUT2D eigenvalue weighted by Gasteiger charge is -2.20. The van der Waals surface area contributed by atoms with Crippen molar-refractivity contribution in [3.05, 3.63) is 90.0 Å². The van der Waals surface area contributed by atoms with Crippen LogP contribution in [0.4, 0.5) is 5.69 Å². The van der Waals surface area contributed by atoms with E-state index in [2.05, 4.69) is 29.8 Å². The average Bonchev–Trinajstić information content (AvgIpc) is 3.38. The number of aliphatic hydroxyl groups is 1. The Kier molecular flexibility index (Phi) is 10.9. The molecule has 2 unspecified atom stereocenters. The Morgan fingerprint density at radius 2 is 2.00 bits per heavy atom. The molecule has 2 heterocycles. The fourth-order valence-electron chi connectivity index (χ4n) is 4.72. The Morgan fingerprint density at radius 1 is 1.18 bits per heavy atom. The number of aliphatic hydroxyl groups excluding tert-OH is 1. The number of carbonyl (C=O) groups excluding carboxylic acids is 3. The number of esters is 1. The normalized spacial score (nSPS) is 16.1. The van der Waals surface area contributed by atoms with E-state index in [1.54, 1.807) is 55.7 Å². The lowest BCUT2D eigenvalue weighted by Crippen LogP contribution is -2.41. The monoisotopic (exact) mass is 620 g/mol. The SMILES string of the molecule is COC(=O)C(CO)NCCC[S@@](=O)(=NC(=O)c1cncc(-c2cccc(NC(=O)c3cc(C)nn3C)c2)c1)C1C=CC=CC1. The van der Waals surface area contributed by atoms with Crippen molar-refractivity contribution in [1.82, 2.24) is 20.1 Å². The lowest BCUT2D eigenvalue weighted by atomic mass is 10.1. The molecular weight excluding hydrogens is 584 g/mol. The number of nitrogens with zero attached hydrogens (tertiary/aromatic N) is 4. The molecule has 0 saturated heterocycles. The highest BCUT2D eigenvalue weighted by Crippen LogP contribution is 2.25. The highest BCUT2D eigenvalue weighted by Gasteiger charge is 2.24. The molecule has 1 aliphatic rings. The number of ether oxygens (including phenoxy) is 1. The molecule has 13 heteroatoms. The van der Waals surface area contributed by atoms with Crippen LogP contribution in [0.25, 0.3) is 11.1 Å². The van der Waals surface area contributed by atoms with Crippen LogP contribution < -0.4 is 10.6 Å². The summed E-state index contributed by atoms with van der Waals surface area (Å²) in [4.78, 5) is 42.2. The maximum absolute atomic E-state index is 14.2. The minimum atomic E-state index is -3.06. The quantitative estimate of drug-likeness (QED) is 0.204. The number of pyridine rings is 1.